The second kappa shape index (κ2) is 10.2. The van der Waals surface area contributed by atoms with Gasteiger partial charge in [0.1, 0.15) is 5.75 Å². The molecule has 0 radical (unpaired) electrons. The fraction of sp³-hybridized carbons (Fsp3) is 0.481. The molecule has 32 heavy (non-hydrogen) atoms. The van der Waals surface area contributed by atoms with E-state index in [0.717, 1.165) is 55.9 Å². The highest BCUT2D eigenvalue weighted by molar-refractivity contribution is 5.79. The first-order chi connectivity index (χ1) is 15.5. The van der Waals surface area contributed by atoms with Gasteiger partial charge in [-0.2, -0.15) is 0 Å². The zero-order chi connectivity index (χ0) is 22.5. The predicted molar refractivity (Wildman–Crippen MR) is 125 cm³/mol. The van der Waals surface area contributed by atoms with Crippen LogP contribution in [0.4, 0.5) is 0 Å². The Morgan fingerprint density at radius 2 is 1.62 bits per heavy atom. The van der Waals surface area contributed by atoms with Gasteiger partial charge in [0.25, 0.3) is 0 Å². The van der Waals surface area contributed by atoms with Crippen LogP contribution in [0, 0.1) is 24.7 Å². The summed E-state index contributed by atoms with van der Waals surface area (Å²) in [4.78, 5) is 28.9. The Morgan fingerprint density at radius 1 is 0.938 bits per heavy atom. The topological polar surface area (TPSA) is 49.9 Å². The van der Waals surface area contributed by atoms with Crippen LogP contribution in [0.25, 0.3) is 0 Å². The first-order valence-electron chi connectivity index (χ1n) is 11.8. The van der Waals surface area contributed by atoms with E-state index in [4.69, 9.17) is 4.74 Å². The minimum Gasteiger partial charge on any atom is -0.493 e. The summed E-state index contributed by atoms with van der Waals surface area (Å²) in [5, 5.41) is 0. The summed E-state index contributed by atoms with van der Waals surface area (Å²) in [7, 11) is 0. The van der Waals surface area contributed by atoms with Gasteiger partial charge in [-0.1, -0.05) is 42.5 Å². The number of para-hydroxylation sites is 1. The summed E-state index contributed by atoms with van der Waals surface area (Å²) < 4.78 is 6.13. The van der Waals surface area contributed by atoms with Crippen molar-refractivity contribution < 1.29 is 14.3 Å². The molecule has 2 heterocycles. The number of ether oxygens (including phenoxy) is 1. The van der Waals surface area contributed by atoms with Crippen molar-refractivity contribution in [2.24, 2.45) is 17.8 Å². The third-order valence-corrected chi connectivity index (χ3v) is 7.24. The molecule has 2 aromatic rings. The van der Waals surface area contributed by atoms with E-state index in [1.165, 1.54) is 0 Å². The van der Waals surface area contributed by atoms with Crippen molar-refractivity contribution in [3.63, 3.8) is 0 Å². The summed E-state index contributed by atoms with van der Waals surface area (Å²) in [6.07, 6.45) is 2.46. The van der Waals surface area contributed by atoms with E-state index in [1.54, 1.807) is 6.92 Å². The number of rotatable bonds is 6. The van der Waals surface area contributed by atoms with Gasteiger partial charge in [-0.15, -0.1) is 0 Å². The van der Waals surface area contributed by atoms with Crippen LogP contribution in [0.2, 0.25) is 0 Å². The molecule has 2 amide bonds. The molecule has 0 saturated carbocycles. The number of carbonyl (C=O) groups is 2. The Bertz CT molecular complexity index is 922. The number of piperidine rings is 1. The van der Waals surface area contributed by atoms with Gasteiger partial charge in [0, 0.05) is 39.0 Å². The van der Waals surface area contributed by atoms with Crippen LogP contribution in [0.1, 0.15) is 30.9 Å². The third kappa shape index (κ3) is 5.32. The number of nitrogens with zero attached hydrogens (tertiary/aromatic N) is 2. The summed E-state index contributed by atoms with van der Waals surface area (Å²) in [6.45, 7) is 7.51. The van der Waals surface area contributed by atoms with Crippen molar-refractivity contribution in [2.75, 3.05) is 32.8 Å². The SMILES string of the molecule is CC(=O)N1CCC([C@@H]2CN(C(=O)Cc3ccccc3C)C[C@H]2COc2ccccc2)CC1. The van der Waals surface area contributed by atoms with Crippen molar-refractivity contribution in [3.05, 3.63) is 65.7 Å². The maximum Gasteiger partial charge on any atom is 0.227 e. The van der Waals surface area contributed by atoms with E-state index in [1.807, 2.05) is 58.3 Å². The first-order valence-corrected chi connectivity index (χ1v) is 11.8. The Labute approximate surface area is 191 Å². The monoisotopic (exact) mass is 434 g/mol. The molecule has 0 aliphatic carbocycles. The normalized spacial score (nSPS) is 21.6. The molecule has 0 aromatic heterocycles. The van der Waals surface area contributed by atoms with E-state index < -0.39 is 0 Å². The fourth-order valence-electron chi connectivity index (χ4n) is 5.26. The molecule has 2 atom stereocenters. The molecule has 0 unspecified atom stereocenters. The van der Waals surface area contributed by atoms with Gasteiger partial charge in [0.05, 0.1) is 13.0 Å². The highest BCUT2D eigenvalue weighted by Crippen LogP contribution is 2.36. The van der Waals surface area contributed by atoms with Crippen LogP contribution in [0.3, 0.4) is 0 Å². The third-order valence-electron chi connectivity index (χ3n) is 7.24. The maximum absolute atomic E-state index is 13.2. The van der Waals surface area contributed by atoms with Gasteiger partial charge in [0.2, 0.25) is 11.8 Å². The second-order valence-electron chi connectivity index (χ2n) is 9.29. The first kappa shape index (κ1) is 22.4. The Balaban J connectivity index is 1.44. The van der Waals surface area contributed by atoms with E-state index in [-0.39, 0.29) is 11.8 Å². The predicted octanol–water partition coefficient (Wildman–Crippen LogP) is 3.95. The zero-order valence-corrected chi connectivity index (χ0v) is 19.2. The Morgan fingerprint density at radius 3 is 2.31 bits per heavy atom. The van der Waals surface area contributed by atoms with Gasteiger partial charge in [-0.05, 0) is 54.9 Å². The fourth-order valence-corrected chi connectivity index (χ4v) is 5.26. The van der Waals surface area contributed by atoms with Crippen molar-refractivity contribution >= 4 is 11.8 Å². The van der Waals surface area contributed by atoms with Crippen LogP contribution < -0.4 is 4.74 Å². The maximum atomic E-state index is 13.2. The summed E-state index contributed by atoms with van der Waals surface area (Å²) in [6, 6.07) is 18.0. The summed E-state index contributed by atoms with van der Waals surface area (Å²) in [5.74, 6) is 2.48. The largest absolute Gasteiger partial charge is 0.493 e. The standard InChI is InChI=1S/C27H34N2O3/c1-20-8-6-7-9-23(20)16-27(31)29-17-24(19-32-25-10-4-3-5-11-25)26(18-29)22-12-14-28(15-13-22)21(2)30/h3-11,22,24,26H,12-19H2,1-2H3/t24-,26-/m0/s1. The van der Waals surface area contributed by atoms with Crippen molar-refractivity contribution in [1.82, 2.24) is 9.80 Å². The van der Waals surface area contributed by atoms with Gasteiger partial charge in [0.15, 0.2) is 0 Å². The van der Waals surface area contributed by atoms with Crippen LogP contribution in [-0.2, 0) is 16.0 Å². The molecule has 2 saturated heterocycles. The van der Waals surface area contributed by atoms with Gasteiger partial charge in [-0.3, -0.25) is 9.59 Å². The number of hydrogen-bond donors (Lipinski definition) is 0. The molecule has 4 rings (SSSR count). The molecule has 0 N–H and O–H groups in total. The lowest BCUT2D eigenvalue weighted by Crippen LogP contribution is -2.40. The minimum absolute atomic E-state index is 0.161. The quantitative estimate of drug-likeness (QED) is 0.692. The van der Waals surface area contributed by atoms with Crippen LogP contribution in [-0.4, -0.2) is 54.4 Å². The molecule has 5 heteroatoms. The summed E-state index contributed by atoms with van der Waals surface area (Å²) >= 11 is 0. The van der Waals surface area contributed by atoms with Crippen molar-refractivity contribution in [2.45, 2.75) is 33.1 Å². The molecule has 0 bridgehead atoms. The molecular formula is C27H34N2O3. The average Bonchev–Trinajstić information content (AvgIpc) is 3.24. The smallest absolute Gasteiger partial charge is 0.227 e. The lowest BCUT2D eigenvalue weighted by molar-refractivity contribution is -0.130. The van der Waals surface area contributed by atoms with Crippen molar-refractivity contribution in [1.29, 1.82) is 0 Å². The molecule has 170 valence electrons. The number of aryl methyl sites for hydroxylation is 1. The minimum atomic E-state index is 0.161. The molecule has 2 aliphatic heterocycles. The average molecular weight is 435 g/mol. The van der Waals surface area contributed by atoms with Gasteiger partial charge in [-0.25, -0.2) is 0 Å². The molecule has 2 aromatic carbocycles. The zero-order valence-electron chi connectivity index (χ0n) is 19.2. The Kier molecular flexibility index (Phi) is 7.13. The van der Waals surface area contributed by atoms with E-state index in [9.17, 15) is 9.59 Å². The van der Waals surface area contributed by atoms with Gasteiger partial charge < -0.3 is 14.5 Å². The van der Waals surface area contributed by atoms with E-state index in [2.05, 4.69) is 13.0 Å². The number of hydrogen-bond acceptors (Lipinski definition) is 3. The van der Waals surface area contributed by atoms with E-state index in [0.29, 0.717) is 30.8 Å². The van der Waals surface area contributed by atoms with Gasteiger partial charge >= 0.3 is 0 Å². The summed E-state index contributed by atoms with van der Waals surface area (Å²) in [5.41, 5.74) is 2.27. The second-order valence-corrected chi connectivity index (χ2v) is 9.29. The number of benzene rings is 2. The lowest BCUT2D eigenvalue weighted by Gasteiger charge is -2.36. The molecule has 5 nitrogen and oxygen atoms in total. The van der Waals surface area contributed by atoms with Crippen molar-refractivity contribution in [3.8, 4) is 5.75 Å². The molecule has 0 spiro atoms. The highest BCUT2D eigenvalue weighted by atomic mass is 16.5. The van der Waals surface area contributed by atoms with Crippen LogP contribution >= 0.6 is 0 Å². The lowest BCUT2D eigenvalue weighted by atomic mass is 9.78. The highest BCUT2D eigenvalue weighted by Gasteiger charge is 2.41. The number of amides is 2. The number of carbonyl (C=O) groups excluding carboxylic acids is 2. The van der Waals surface area contributed by atoms with Crippen LogP contribution in [0.15, 0.2) is 54.6 Å². The van der Waals surface area contributed by atoms with Crippen LogP contribution in [0.5, 0.6) is 5.75 Å². The molecule has 2 fully saturated rings. The molecular weight excluding hydrogens is 400 g/mol. The molecule has 2 aliphatic rings. The van der Waals surface area contributed by atoms with E-state index >= 15 is 0 Å². The number of likely N-dealkylation sites (tertiary alicyclic amines) is 2. The Hall–Kier alpha value is -2.82.